The van der Waals surface area contributed by atoms with Gasteiger partial charge in [-0.25, -0.2) is 4.98 Å². The third-order valence-corrected chi connectivity index (χ3v) is 4.55. The van der Waals surface area contributed by atoms with Gasteiger partial charge in [-0.15, -0.1) is 11.3 Å². The predicted molar refractivity (Wildman–Crippen MR) is 92.4 cm³/mol. The lowest BCUT2D eigenvalue weighted by Crippen LogP contribution is -2.26. The Morgan fingerprint density at radius 3 is 2.61 bits per heavy atom. The Morgan fingerprint density at radius 1 is 1.22 bits per heavy atom. The summed E-state index contributed by atoms with van der Waals surface area (Å²) in [7, 11) is 0. The predicted octanol–water partition coefficient (Wildman–Crippen LogP) is 4.00. The zero-order chi connectivity index (χ0) is 16.2. The van der Waals surface area contributed by atoms with Gasteiger partial charge in [0.1, 0.15) is 5.01 Å². The average Bonchev–Trinajstić information content (AvgIpc) is 3.02. The van der Waals surface area contributed by atoms with Crippen LogP contribution in [-0.4, -0.2) is 15.9 Å². The van der Waals surface area contributed by atoms with Crippen molar-refractivity contribution in [3.8, 4) is 10.6 Å². The standard InChI is InChI=1S/C18H17N3OS/c1-12-11-23-18(20-12)15-7-5-14(6-8-15)17(22)21-13(2)16-4-3-9-19-10-16/h3-11,13H,1-2H3,(H,21,22). The van der Waals surface area contributed by atoms with Crippen LogP contribution in [0.4, 0.5) is 0 Å². The van der Waals surface area contributed by atoms with Gasteiger partial charge >= 0.3 is 0 Å². The van der Waals surface area contributed by atoms with Crippen LogP contribution in [0.1, 0.15) is 34.6 Å². The van der Waals surface area contributed by atoms with Crippen LogP contribution >= 0.6 is 11.3 Å². The molecular formula is C18H17N3OS. The second kappa shape index (κ2) is 6.71. The van der Waals surface area contributed by atoms with Crippen LogP contribution < -0.4 is 5.32 Å². The molecule has 2 aromatic heterocycles. The van der Waals surface area contributed by atoms with Gasteiger partial charge in [0.05, 0.1) is 6.04 Å². The zero-order valence-electron chi connectivity index (χ0n) is 13.0. The number of nitrogens with one attached hydrogen (secondary N) is 1. The summed E-state index contributed by atoms with van der Waals surface area (Å²) in [5.41, 5.74) is 3.66. The van der Waals surface area contributed by atoms with Crippen molar-refractivity contribution < 1.29 is 4.79 Å². The number of hydrogen-bond acceptors (Lipinski definition) is 4. The van der Waals surface area contributed by atoms with Gasteiger partial charge in [-0.3, -0.25) is 9.78 Å². The number of rotatable bonds is 4. The van der Waals surface area contributed by atoms with E-state index in [9.17, 15) is 4.79 Å². The molecular weight excluding hydrogens is 306 g/mol. The number of aromatic nitrogens is 2. The number of benzene rings is 1. The summed E-state index contributed by atoms with van der Waals surface area (Å²) in [5.74, 6) is -0.0942. The number of carbonyl (C=O) groups excluding carboxylic acids is 1. The molecule has 0 saturated carbocycles. The van der Waals surface area contributed by atoms with E-state index in [-0.39, 0.29) is 11.9 Å². The highest BCUT2D eigenvalue weighted by atomic mass is 32.1. The van der Waals surface area contributed by atoms with E-state index >= 15 is 0 Å². The van der Waals surface area contributed by atoms with Crippen LogP contribution in [0.2, 0.25) is 0 Å². The molecule has 0 aliphatic carbocycles. The van der Waals surface area contributed by atoms with Crippen molar-refractivity contribution in [3.63, 3.8) is 0 Å². The van der Waals surface area contributed by atoms with Gasteiger partial charge in [0, 0.05) is 34.6 Å². The molecule has 0 aliphatic rings. The minimum absolute atomic E-state index is 0.0857. The second-order valence-electron chi connectivity index (χ2n) is 5.35. The molecule has 3 aromatic rings. The van der Waals surface area contributed by atoms with Crippen molar-refractivity contribution in [3.05, 3.63) is 71.0 Å². The van der Waals surface area contributed by atoms with Crippen LogP contribution in [-0.2, 0) is 0 Å². The molecule has 2 heterocycles. The molecule has 0 fully saturated rings. The number of aryl methyl sites for hydroxylation is 1. The molecule has 0 saturated heterocycles. The summed E-state index contributed by atoms with van der Waals surface area (Å²) >= 11 is 1.61. The first kappa shape index (κ1) is 15.4. The molecule has 116 valence electrons. The number of nitrogens with zero attached hydrogens (tertiary/aromatic N) is 2. The fraction of sp³-hybridized carbons (Fsp3) is 0.167. The zero-order valence-corrected chi connectivity index (χ0v) is 13.8. The van der Waals surface area contributed by atoms with Gasteiger partial charge in [-0.1, -0.05) is 18.2 Å². The molecule has 1 unspecified atom stereocenters. The molecule has 5 heteroatoms. The molecule has 3 rings (SSSR count). The fourth-order valence-corrected chi connectivity index (χ4v) is 3.05. The van der Waals surface area contributed by atoms with Gasteiger partial charge in [0.25, 0.3) is 5.91 Å². The van der Waals surface area contributed by atoms with E-state index in [0.717, 1.165) is 21.8 Å². The first-order chi connectivity index (χ1) is 11.1. The Labute approximate surface area is 139 Å². The van der Waals surface area contributed by atoms with Crippen LogP contribution in [0.3, 0.4) is 0 Å². The van der Waals surface area contributed by atoms with E-state index in [2.05, 4.69) is 15.3 Å². The Bertz CT molecular complexity index is 797. The van der Waals surface area contributed by atoms with Crippen molar-refractivity contribution in [2.75, 3.05) is 0 Å². The maximum atomic E-state index is 12.3. The molecule has 0 aliphatic heterocycles. The summed E-state index contributed by atoms with van der Waals surface area (Å²) in [6.45, 7) is 3.92. The SMILES string of the molecule is Cc1csc(-c2ccc(C(=O)NC(C)c3cccnc3)cc2)n1. The summed E-state index contributed by atoms with van der Waals surface area (Å²) in [6.07, 6.45) is 3.48. The monoisotopic (exact) mass is 323 g/mol. The van der Waals surface area contributed by atoms with Gasteiger partial charge in [0.2, 0.25) is 0 Å². The lowest BCUT2D eigenvalue weighted by molar-refractivity contribution is 0.0940. The largest absolute Gasteiger partial charge is 0.345 e. The molecule has 0 spiro atoms. The van der Waals surface area contributed by atoms with Crippen molar-refractivity contribution in [2.24, 2.45) is 0 Å². The third-order valence-electron chi connectivity index (χ3n) is 3.55. The maximum Gasteiger partial charge on any atom is 0.251 e. The quantitative estimate of drug-likeness (QED) is 0.789. The third kappa shape index (κ3) is 3.63. The van der Waals surface area contributed by atoms with E-state index in [0.29, 0.717) is 5.56 Å². The molecule has 1 atom stereocenters. The van der Waals surface area contributed by atoms with Gasteiger partial charge in [-0.05, 0) is 37.6 Å². The van der Waals surface area contributed by atoms with E-state index in [4.69, 9.17) is 0 Å². The Hall–Kier alpha value is -2.53. The van der Waals surface area contributed by atoms with Crippen molar-refractivity contribution in [2.45, 2.75) is 19.9 Å². The topological polar surface area (TPSA) is 54.9 Å². The molecule has 1 aromatic carbocycles. The first-order valence-electron chi connectivity index (χ1n) is 7.37. The van der Waals surface area contributed by atoms with Crippen LogP contribution in [0.15, 0.2) is 54.2 Å². The summed E-state index contributed by atoms with van der Waals surface area (Å²) < 4.78 is 0. The Morgan fingerprint density at radius 2 is 2.00 bits per heavy atom. The van der Waals surface area contributed by atoms with Gasteiger partial charge < -0.3 is 5.32 Å². The van der Waals surface area contributed by atoms with Crippen LogP contribution in [0.5, 0.6) is 0 Å². The first-order valence-corrected chi connectivity index (χ1v) is 8.25. The highest BCUT2D eigenvalue weighted by Gasteiger charge is 2.12. The normalized spacial score (nSPS) is 11.9. The average molecular weight is 323 g/mol. The van der Waals surface area contributed by atoms with E-state index in [1.54, 1.807) is 23.7 Å². The Balaban J connectivity index is 1.70. The molecule has 23 heavy (non-hydrogen) atoms. The molecule has 4 nitrogen and oxygen atoms in total. The van der Waals surface area contributed by atoms with E-state index in [1.807, 2.05) is 55.6 Å². The highest BCUT2D eigenvalue weighted by molar-refractivity contribution is 7.13. The van der Waals surface area contributed by atoms with E-state index in [1.165, 1.54) is 0 Å². The number of pyridine rings is 1. The van der Waals surface area contributed by atoms with Gasteiger partial charge in [0.15, 0.2) is 0 Å². The second-order valence-corrected chi connectivity index (χ2v) is 6.21. The molecule has 1 amide bonds. The van der Waals surface area contributed by atoms with Crippen molar-refractivity contribution in [1.29, 1.82) is 0 Å². The molecule has 1 N–H and O–H groups in total. The lowest BCUT2D eigenvalue weighted by atomic mass is 10.1. The smallest absolute Gasteiger partial charge is 0.251 e. The van der Waals surface area contributed by atoms with Crippen LogP contribution in [0, 0.1) is 6.92 Å². The molecule has 0 bridgehead atoms. The summed E-state index contributed by atoms with van der Waals surface area (Å²) in [5, 5.41) is 5.97. The van der Waals surface area contributed by atoms with Crippen molar-refractivity contribution in [1.82, 2.24) is 15.3 Å². The maximum absolute atomic E-state index is 12.3. The fourth-order valence-electron chi connectivity index (χ4n) is 2.25. The minimum Gasteiger partial charge on any atom is -0.345 e. The van der Waals surface area contributed by atoms with Crippen LogP contribution in [0.25, 0.3) is 10.6 Å². The number of carbonyl (C=O) groups is 1. The van der Waals surface area contributed by atoms with E-state index < -0.39 is 0 Å². The summed E-state index contributed by atoms with van der Waals surface area (Å²) in [6, 6.07) is 11.3. The number of amides is 1. The Kier molecular flexibility index (Phi) is 4.48. The minimum atomic E-state index is -0.0942. The van der Waals surface area contributed by atoms with Crippen molar-refractivity contribution >= 4 is 17.2 Å². The lowest BCUT2D eigenvalue weighted by Gasteiger charge is -2.14. The number of hydrogen-bond donors (Lipinski definition) is 1. The number of thiazole rings is 1. The van der Waals surface area contributed by atoms with Gasteiger partial charge in [-0.2, -0.15) is 0 Å². The highest BCUT2D eigenvalue weighted by Crippen LogP contribution is 2.23. The molecule has 0 radical (unpaired) electrons. The summed E-state index contributed by atoms with van der Waals surface area (Å²) in [4.78, 5) is 20.9.